The Bertz CT molecular complexity index is 476. The van der Waals surface area contributed by atoms with Crippen LogP contribution < -0.4 is 11.5 Å². The third-order valence-electron chi connectivity index (χ3n) is 3.53. The van der Waals surface area contributed by atoms with Crippen LogP contribution in [0, 0.1) is 0 Å². The number of carbonyl (C=O) groups is 2. The molecule has 1 unspecified atom stereocenters. The molecule has 1 saturated heterocycles. The fraction of sp³-hybridized carbons (Fsp3) is 0.429. The molecule has 5 nitrogen and oxygen atoms in total. The first kappa shape index (κ1) is 16.5. The number of primary amides is 1. The van der Waals surface area contributed by atoms with Crippen LogP contribution in [0.4, 0.5) is 0 Å². The lowest BCUT2D eigenvalue weighted by molar-refractivity contribution is -0.123. The molecule has 0 radical (unpaired) electrons. The molecule has 0 bridgehead atoms. The minimum absolute atomic E-state index is 0. The summed E-state index contributed by atoms with van der Waals surface area (Å²) in [5, 5.41) is 0. The van der Waals surface area contributed by atoms with Crippen LogP contribution in [0.2, 0.25) is 0 Å². The van der Waals surface area contributed by atoms with Crippen molar-refractivity contribution in [2.45, 2.75) is 31.8 Å². The third kappa shape index (κ3) is 3.49. The Kier molecular flexibility index (Phi) is 5.98. The van der Waals surface area contributed by atoms with Crippen LogP contribution in [0.15, 0.2) is 24.3 Å². The van der Waals surface area contributed by atoms with E-state index in [0.29, 0.717) is 25.1 Å². The molecule has 0 spiro atoms. The summed E-state index contributed by atoms with van der Waals surface area (Å²) < 4.78 is 0. The van der Waals surface area contributed by atoms with Crippen LogP contribution in [-0.4, -0.2) is 29.3 Å². The van der Waals surface area contributed by atoms with Gasteiger partial charge in [-0.3, -0.25) is 9.59 Å². The SMILES string of the molecule is Cl.NCc1ccc(C(=O)N2CCCCC2C(N)=O)cc1. The summed E-state index contributed by atoms with van der Waals surface area (Å²) in [4.78, 5) is 25.4. The van der Waals surface area contributed by atoms with E-state index in [1.807, 2.05) is 12.1 Å². The number of piperidine rings is 1. The van der Waals surface area contributed by atoms with E-state index in [-0.39, 0.29) is 18.3 Å². The van der Waals surface area contributed by atoms with Gasteiger partial charge in [-0.2, -0.15) is 0 Å². The molecule has 1 aliphatic rings. The Balaban J connectivity index is 0.00000200. The van der Waals surface area contributed by atoms with Crippen molar-refractivity contribution in [1.29, 1.82) is 0 Å². The van der Waals surface area contributed by atoms with Gasteiger partial charge in [-0.1, -0.05) is 12.1 Å². The molecule has 1 heterocycles. The van der Waals surface area contributed by atoms with E-state index in [1.165, 1.54) is 0 Å². The van der Waals surface area contributed by atoms with Gasteiger partial charge in [0.05, 0.1) is 0 Å². The molecule has 2 amide bonds. The topological polar surface area (TPSA) is 89.4 Å². The molecule has 1 fully saturated rings. The summed E-state index contributed by atoms with van der Waals surface area (Å²) >= 11 is 0. The van der Waals surface area contributed by atoms with Gasteiger partial charge in [0.2, 0.25) is 5.91 Å². The van der Waals surface area contributed by atoms with E-state index >= 15 is 0 Å². The van der Waals surface area contributed by atoms with Gasteiger partial charge in [0.15, 0.2) is 0 Å². The maximum Gasteiger partial charge on any atom is 0.254 e. The number of hydrogen-bond acceptors (Lipinski definition) is 3. The number of rotatable bonds is 3. The monoisotopic (exact) mass is 297 g/mol. The molecular weight excluding hydrogens is 278 g/mol. The summed E-state index contributed by atoms with van der Waals surface area (Å²) in [5.74, 6) is -0.557. The van der Waals surface area contributed by atoms with Crippen LogP contribution in [0.25, 0.3) is 0 Å². The first-order valence-corrected chi connectivity index (χ1v) is 6.53. The number of nitrogens with two attached hydrogens (primary N) is 2. The average molecular weight is 298 g/mol. The zero-order valence-corrected chi connectivity index (χ0v) is 12.1. The van der Waals surface area contributed by atoms with Gasteiger partial charge < -0.3 is 16.4 Å². The lowest BCUT2D eigenvalue weighted by Gasteiger charge is -2.33. The molecule has 20 heavy (non-hydrogen) atoms. The Morgan fingerprint density at radius 1 is 1.20 bits per heavy atom. The van der Waals surface area contributed by atoms with Gasteiger partial charge in [-0.25, -0.2) is 0 Å². The molecule has 6 heteroatoms. The standard InChI is InChI=1S/C14H19N3O2.ClH/c15-9-10-4-6-11(7-5-10)14(19)17-8-2-1-3-12(17)13(16)18;/h4-7,12H,1-3,8-9,15H2,(H2,16,18);1H. The average Bonchev–Trinajstić information content (AvgIpc) is 2.46. The number of amides is 2. The first-order chi connectivity index (χ1) is 9.13. The molecule has 0 aliphatic carbocycles. The fourth-order valence-corrected chi connectivity index (χ4v) is 2.42. The zero-order chi connectivity index (χ0) is 13.8. The maximum absolute atomic E-state index is 12.4. The second-order valence-electron chi connectivity index (χ2n) is 4.81. The minimum atomic E-state index is -0.476. The van der Waals surface area contributed by atoms with Crippen LogP contribution in [-0.2, 0) is 11.3 Å². The number of carbonyl (C=O) groups excluding carboxylic acids is 2. The molecule has 1 aromatic rings. The van der Waals surface area contributed by atoms with E-state index in [1.54, 1.807) is 17.0 Å². The lowest BCUT2D eigenvalue weighted by atomic mass is 10.00. The highest BCUT2D eigenvalue weighted by molar-refractivity contribution is 5.97. The molecular formula is C14H20ClN3O2. The fourth-order valence-electron chi connectivity index (χ4n) is 2.42. The predicted octanol–water partition coefficient (Wildman–Crippen LogP) is 1.05. The van der Waals surface area contributed by atoms with Crippen molar-refractivity contribution in [2.75, 3.05) is 6.54 Å². The minimum Gasteiger partial charge on any atom is -0.368 e. The van der Waals surface area contributed by atoms with Gasteiger partial charge in [0.1, 0.15) is 6.04 Å². The van der Waals surface area contributed by atoms with Gasteiger partial charge in [0, 0.05) is 18.7 Å². The van der Waals surface area contributed by atoms with E-state index in [4.69, 9.17) is 11.5 Å². The Morgan fingerprint density at radius 2 is 1.85 bits per heavy atom. The molecule has 0 saturated carbocycles. The second-order valence-corrected chi connectivity index (χ2v) is 4.81. The molecule has 110 valence electrons. The molecule has 1 aliphatic heterocycles. The second kappa shape index (κ2) is 7.26. The molecule has 0 aromatic heterocycles. The Labute approximate surface area is 124 Å². The summed E-state index contributed by atoms with van der Waals surface area (Å²) in [6.45, 7) is 1.03. The largest absolute Gasteiger partial charge is 0.368 e. The van der Waals surface area contributed by atoms with Gasteiger partial charge in [0.25, 0.3) is 5.91 Å². The Morgan fingerprint density at radius 3 is 2.40 bits per heavy atom. The smallest absolute Gasteiger partial charge is 0.254 e. The van der Waals surface area contributed by atoms with Crippen molar-refractivity contribution in [1.82, 2.24) is 4.90 Å². The number of benzene rings is 1. The quantitative estimate of drug-likeness (QED) is 0.874. The van der Waals surface area contributed by atoms with Crippen LogP contribution in [0.3, 0.4) is 0 Å². The summed E-state index contributed by atoms with van der Waals surface area (Å²) in [6, 6.07) is 6.68. The molecule has 1 atom stereocenters. The highest BCUT2D eigenvalue weighted by atomic mass is 35.5. The molecule has 2 rings (SSSR count). The third-order valence-corrected chi connectivity index (χ3v) is 3.53. The van der Waals surface area contributed by atoms with Crippen LogP contribution >= 0.6 is 12.4 Å². The summed E-state index contributed by atoms with van der Waals surface area (Å²) in [5.41, 5.74) is 12.4. The summed E-state index contributed by atoms with van der Waals surface area (Å²) in [6.07, 6.45) is 2.50. The maximum atomic E-state index is 12.4. The normalized spacial score (nSPS) is 18.2. The predicted molar refractivity (Wildman–Crippen MR) is 79.5 cm³/mol. The van der Waals surface area contributed by atoms with Crippen molar-refractivity contribution in [2.24, 2.45) is 11.5 Å². The van der Waals surface area contributed by atoms with Crippen molar-refractivity contribution < 1.29 is 9.59 Å². The van der Waals surface area contributed by atoms with Gasteiger partial charge >= 0.3 is 0 Å². The molecule has 1 aromatic carbocycles. The summed E-state index contributed by atoms with van der Waals surface area (Å²) in [7, 11) is 0. The Hall–Kier alpha value is -1.59. The number of likely N-dealkylation sites (tertiary alicyclic amines) is 1. The highest BCUT2D eigenvalue weighted by Gasteiger charge is 2.30. The van der Waals surface area contributed by atoms with E-state index in [2.05, 4.69) is 0 Å². The molecule has 4 N–H and O–H groups in total. The van der Waals surface area contributed by atoms with Crippen LogP contribution in [0.1, 0.15) is 35.2 Å². The van der Waals surface area contributed by atoms with Gasteiger partial charge in [-0.05, 0) is 37.0 Å². The first-order valence-electron chi connectivity index (χ1n) is 6.53. The zero-order valence-electron chi connectivity index (χ0n) is 11.2. The van der Waals surface area contributed by atoms with Crippen molar-refractivity contribution in [3.05, 3.63) is 35.4 Å². The van der Waals surface area contributed by atoms with E-state index in [0.717, 1.165) is 18.4 Å². The highest BCUT2D eigenvalue weighted by Crippen LogP contribution is 2.19. The lowest BCUT2D eigenvalue weighted by Crippen LogP contribution is -2.50. The number of nitrogens with zero attached hydrogens (tertiary/aromatic N) is 1. The number of halogens is 1. The van der Waals surface area contributed by atoms with Crippen molar-refractivity contribution >= 4 is 24.2 Å². The number of hydrogen-bond donors (Lipinski definition) is 2. The van der Waals surface area contributed by atoms with E-state index in [9.17, 15) is 9.59 Å². The van der Waals surface area contributed by atoms with Crippen LogP contribution in [0.5, 0.6) is 0 Å². The van der Waals surface area contributed by atoms with Crippen molar-refractivity contribution in [3.63, 3.8) is 0 Å². The van der Waals surface area contributed by atoms with Gasteiger partial charge in [-0.15, -0.1) is 12.4 Å². The van der Waals surface area contributed by atoms with E-state index < -0.39 is 11.9 Å². The van der Waals surface area contributed by atoms with Crippen molar-refractivity contribution in [3.8, 4) is 0 Å².